The second-order valence-electron chi connectivity index (χ2n) is 15.0. The molecule has 1 aromatic carbocycles. The van der Waals surface area contributed by atoms with Gasteiger partial charge in [0, 0.05) is 17.6 Å². The maximum Gasteiger partial charge on any atom is 0.408 e. The monoisotopic (exact) mass is 838 g/mol. The number of benzene rings is 1. The smallest absolute Gasteiger partial charge is 0.408 e. The van der Waals surface area contributed by atoms with Crippen molar-refractivity contribution in [1.29, 1.82) is 5.41 Å². The van der Waals surface area contributed by atoms with Gasteiger partial charge in [-0.15, -0.1) is 0 Å². The first-order valence-electron chi connectivity index (χ1n) is 18.6. The zero-order valence-corrected chi connectivity index (χ0v) is 35.1. The second kappa shape index (κ2) is 21.0. The number of fused-ring (bicyclic) bond motifs is 1. The molecule has 2 heterocycles. The number of aromatic nitrogens is 1. The Morgan fingerprint density at radius 2 is 1.71 bits per heavy atom. The molecule has 2 aromatic rings. The Balaban J connectivity index is 1.44. The van der Waals surface area contributed by atoms with E-state index in [0.717, 1.165) is 16.5 Å². The van der Waals surface area contributed by atoms with Crippen molar-refractivity contribution in [2.75, 3.05) is 13.2 Å². The molecule has 308 valence electrons. The SMILES string of the molecule is CC(C)[C@H](OC(=O)CCC(=N)CC/C=C/c1ccc2ccc([C@@H](C)NC(=O)OC(C)(C)C)nc2c1)C(=O)N[C@@H](C)C(=O)N1CCC[C@@H](C(=O)OCC(Cl)(Cl)Cl)N1. The van der Waals surface area contributed by atoms with Crippen LogP contribution in [-0.2, 0) is 33.4 Å². The van der Waals surface area contributed by atoms with Crippen LogP contribution >= 0.6 is 34.8 Å². The van der Waals surface area contributed by atoms with Crippen LogP contribution in [0.1, 0.15) is 104 Å². The number of carbonyl (C=O) groups excluding carboxylic acids is 5. The van der Waals surface area contributed by atoms with E-state index in [9.17, 15) is 24.0 Å². The number of amides is 3. The van der Waals surface area contributed by atoms with Gasteiger partial charge in [-0.1, -0.05) is 79.0 Å². The molecular weight excluding hydrogens is 787 g/mol. The lowest BCUT2D eigenvalue weighted by Gasteiger charge is -2.34. The summed E-state index contributed by atoms with van der Waals surface area (Å²) in [5, 5.41) is 16.0. The molecule has 0 bridgehead atoms. The Bertz CT molecular complexity index is 1760. The summed E-state index contributed by atoms with van der Waals surface area (Å²) >= 11 is 17.0. The molecule has 14 nitrogen and oxygen atoms in total. The lowest BCUT2D eigenvalue weighted by molar-refractivity contribution is -0.159. The van der Waals surface area contributed by atoms with Crippen LogP contribution < -0.4 is 16.1 Å². The van der Waals surface area contributed by atoms with Crippen molar-refractivity contribution in [3.05, 3.63) is 47.7 Å². The van der Waals surface area contributed by atoms with Crippen LogP contribution in [0.25, 0.3) is 17.0 Å². The van der Waals surface area contributed by atoms with Crippen molar-refractivity contribution in [2.45, 2.75) is 121 Å². The van der Waals surface area contributed by atoms with Gasteiger partial charge in [0.15, 0.2) is 6.10 Å². The number of halogens is 3. The van der Waals surface area contributed by atoms with Crippen LogP contribution in [0, 0.1) is 11.3 Å². The summed E-state index contributed by atoms with van der Waals surface area (Å²) in [7, 11) is 0. The van der Waals surface area contributed by atoms with E-state index < -0.39 is 70.0 Å². The number of alkyl carbamates (subject to hydrolysis) is 1. The standard InChI is InChI=1S/C39H53Cl3N6O8/c1-23(2)33(34(50)44-25(4)35(51)48-20-10-13-30(47-48)36(52)54-22-39(40,41)42)55-32(49)19-17-28(43)12-9-8-11-26-14-15-27-16-18-29(46-31(27)21-26)24(3)45-37(53)56-38(5,6)7/h8,11,14-16,18,21,23-25,30,33,43,47H,9-10,12-13,17,19-20,22H2,1-7H3,(H,44,50)(H,45,53)/b11-8+,43-28?/t24-,25+,30+,33+/m1/s1. The number of pyridine rings is 1. The Labute approximate surface area is 343 Å². The lowest BCUT2D eigenvalue weighted by Crippen LogP contribution is -2.60. The third kappa shape index (κ3) is 15.9. The largest absolute Gasteiger partial charge is 0.460 e. The highest BCUT2D eigenvalue weighted by atomic mass is 35.6. The third-order valence-electron chi connectivity index (χ3n) is 8.43. The van der Waals surface area contributed by atoms with Crippen molar-refractivity contribution >= 4 is 87.3 Å². The zero-order chi connectivity index (χ0) is 41.8. The number of hydrogen-bond acceptors (Lipinski definition) is 11. The molecule has 56 heavy (non-hydrogen) atoms. The number of ether oxygens (including phenoxy) is 3. The average Bonchev–Trinajstić information content (AvgIpc) is 3.11. The number of alkyl halides is 3. The number of nitrogens with zero attached hydrogens (tertiary/aromatic N) is 2. The van der Waals surface area contributed by atoms with Gasteiger partial charge in [-0.05, 0) is 90.3 Å². The minimum Gasteiger partial charge on any atom is -0.460 e. The minimum absolute atomic E-state index is 0.0825. The Morgan fingerprint density at radius 3 is 2.38 bits per heavy atom. The highest BCUT2D eigenvalue weighted by Gasteiger charge is 2.35. The van der Waals surface area contributed by atoms with Crippen LogP contribution in [0.2, 0.25) is 0 Å². The summed E-state index contributed by atoms with van der Waals surface area (Å²) in [5.74, 6) is -2.86. The molecule has 1 aliphatic rings. The number of allylic oxidation sites excluding steroid dienone is 1. The average molecular weight is 840 g/mol. The molecule has 1 fully saturated rings. The molecule has 0 saturated carbocycles. The van der Waals surface area contributed by atoms with Gasteiger partial charge in [0.2, 0.25) is 3.79 Å². The van der Waals surface area contributed by atoms with Crippen LogP contribution in [0.5, 0.6) is 0 Å². The molecular formula is C39H53Cl3N6O8. The fraction of sp³-hybridized carbons (Fsp3) is 0.564. The van der Waals surface area contributed by atoms with E-state index in [0.29, 0.717) is 37.1 Å². The number of carbonyl (C=O) groups is 5. The first-order chi connectivity index (χ1) is 26.1. The van der Waals surface area contributed by atoms with Gasteiger partial charge in [0.05, 0.1) is 23.7 Å². The Morgan fingerprint density at radius 1 is 1.02 bits per heavy atom. The Kier molecular flexibility index (Phi) is 17.4. The predicted octanol–water partition coefficient (Wildman–Crippen LogP) is 6.90. The highest BCUT2D eigenvalue weighted by molar-refractivity contribution is 6.67. The first-order valence-corrected chi connectivity index (χ1v) is 19.7. The van der Waals surface area contributed by atoms with E-state index in [1.165, 1.54) is 11.9 Å². The van der Waals surface area contributed by atoms with E-state index in [2.05, 4.69) is 16.1 Å². The molecule has 3 amide bonds. The minimum atomic E-state index is -1.77. The van der Waals surface area contributed by atoms with Crippen LogP contribution in [0.4, 0.5) is 4.79 Å². The van der Waals surface area contributed by atoms with Crippen molar-refractivity contribution in [2.24, 2.45) is 5.92 Å². The second-order valence-corrected chi connectivity index (χ2v) is 17.5. The van der Waals surface area contributed by atoms with E-state index in [-0.39, 0.29) is 25.4 Å². The summed E-state index contributed by atoms with van der Waals surface area (Å²) in [4.78, 5) is 68.4. The maximum atomic E-state index is 13.1. The normalized spacial score (nSPS) is 16.6. The van der Waals surface area contributed by atoms with Crippen molar-refractivity contribution in [3.63, 3.8) is 0 Å². The van der Waals surface area contributed by atoms with Crippen molar-refractivity contribution in [1.82, 2.24) is 26.1 Å². The number of esters is 2. The van der Waals surface area contributed by atoms with Crippen molar-refractivity contribution < 1.29 is 38.2 Å². The number of rotatable bonds is 16. The van der Waals surface area contributed by atoms with E-state index in [1.807, 2.05) is 49.4 Å². The summed E-state index contributed by atoms with van der Waals surface area (Å²) in [5.41, 5.74) is 4.95. The van der Waals surface area contributed by atoms with Gasteiger partial charge in [-0.3, -0.25) is 29.2 Å². The van der Waals surface area contributed by atoms with E-state index in [4.69, 9.17) is 59.4 Å². The molecule has 0 aliphatic carbocycles. The lowest BCUT2D eigenvalue weighted by atomic mass is 10.1. The quantitative estimate of drug-likeness (QED) is 0.0600. The fourth-order valence-corrected chi connectivity index (χ4v) is 5.72. The third-order valence-corrected chi connectivity index (χ3v) is 8.76. The van der Waals surface area contributed by atoms with E-state index in [1.54, 1.807) is 34.6 Å². The molecule has 1 aliphatic heterocycles. The molecule has 3 rings (SSSR count). The van der Waals surface area contributed by atoms with Crippen LogP contribution in [-0.4, -0.2) is 86.3 Å². The van der Waals surface area contributed by atoms with Crippen LogP contribution in [0.15, 0.2) is 36.4 Å². The molecule has 17 heteroatoms. The highest BCUT2D eigenvalue weighted by Crippen LogP contribution is 2.26. The van der Waals surface area contributed by atoms with Gasteiger partial charge < -0.3 is 30.3 Å². The Hall–Kier alpha value is -3.98. The van der Waals surface area contributed by atoms with Gasteiger partial charge in [-0.2, -0.15) is 0 Å². The predicted molar refractivity (Wildman–Crippen MR) is 216 cm³/mol. The molecule has 1 aromatic heterocycles. The zero-order valence-electron chi connectivity index (χ0n) is 32.9. The summed E-state index contributed by atoms with van der Waals surface area (Å²) in [6, 6.07) is 7.50. The van der Waals surface area contributed by atoms with Gasteiger partial charge in [0.25, 0.3) is 11.8 Å². The molecule has 4 N–H and O–H groups in total. The number of hydrogen-bond donors (Lipinski definition) is 4. The maximum absolute atomic E-state index is 13.1. The summed E-state index contributed by atoms with van der Waals surface area (Å²) < 4.78 is 14.1. The fourth-order valence-electron chi connectivity index (χ4n) is 5.56. The molecule has 1 saturated heterocycles. The summed E-state index contributed by atoms with van der Waals surface area (Å²) in [6.07, 6.45) is 4.18. The summed E-state index contributed by atoms with van der Waals surface area (Å²) in [6.45, 7) is 12.0. The van der Waals surface area contributed by atoms with Crippen molar-refractivity contribution in [3.8, 4) is 0 Å². The van der Waals surface area contributed by atoms with Gasteiger partial charge >= 0.3 is 18.0 Å². The molecule has 0 unspecified atom stereocenters. The number of nitrogens with one attached hydrogen (secondary N) is 4. The molecule has 0 radical (unpaired) electrons. The van der Waals surface area contributed by atoms with Gasteiger partial charge in [-0.25, -0.2) is 10.2 Å². The molecule has 4 atom stereocenters. The molecule has 0 spiro atoms. The number of hydrazine groups is 1. The topological polar surface area (TPSA) is 189 Å². The van der Waals surface area contributed by atoms with Gasteiger partial charge in [0.1, 0.15) is 24.3 Å². The van der Waals surface area contributed by atoms with E-state index >= 15 is 0 Å². The first kappa shape index (κ1) is 46.4. The van der Waals surface area contributed by atoms with Crippen LogP contribution in [0.3, 0.4) is 0 Å².